The van der Waals surface area contributed by atoms with Crippen LogP contribution in [-0.2, 0) is 4.79 Å². The summed E-state index contributed by atoms with van der Waals surface area (Å²) < 4.78 is 12.9. The van der Waals surface area contributed by atoms with Gasteiger partial charge in [0.1, 0.15) is 5.82 Å². The number of benzene rings is 2. The van der Waals surface area contributed by atoms with Crippen LogP contribution in [0.5, 0.6) is 0 Å². The highest BCUT2D eigenvalue weighted by Gasteiger charge is 2.09. The average molecular weight is 300 g/mol. The molecule has 0 bridgehead atoms. The number of rotatable bonds is 5. The second-order valence-electron chi connectivity index (χ2n) is 5.49. The molecule has 0 saturated heterocycles. The summed E-state index contributed by atoms with van der Waals surface area (Å²) in [6.45, 7) is 6.17. The molecule has 2 rings (SSSR count). The number of carbonyl (C=O) groups excluding carboxylic acids is 1. The van der Waals surface area contributed by atoms with Gasteiger partial charge in [-0.25, -0.2) is 4.39 Å². The van der Waals surface area contributed by atoms with Crippen LogP contribution in [0, 0.1) is 19.7 Å². The number of anilines is 1. The smallest absolute Gasteiger partial charge is 0.239 e. The lowest BCUT2D eigenvalue weighted by Crippen LogP contribution is -2.32. The molecule has 1 unspecified atom stereocenters. The molecule has 116 valence electrons. The number of halogens is 1. The van der Waals surface area contributed by atoms with Gasteiger partial charge in [-0.05, 0) is 61.7 Å². The van der Waals surface area contributed by atoms with Crippen molar-refractivity contribution in [1.82, 2.24) is 5.32 Å². The summed E-state index contributed by atoms with van der Waals surface area (Å²) in [7, 11) is 0. The molecule has 0 spiro atoms. The Morgan fingerprint density at radius 2 is 1.77 bits per heavy atom. The van der Waals surface area contributed by atoms with Gasteiger partial charge < -0.3 is 10.6 Å². The van der Waals surface area contributed by atoms with Crippen LogP contribution in [0.3, 0.4) is 0 Å². The Labute approximate surface area is 130 Å². The summed E-state index contributed by atoms with van der Waals surface area (Å²) in [4.78, 5) is 12.0. The molecule has 3 nitrogen and oxygen atoms in total. The molecule has 2 aromatic rings. The van der Waals surface area contributed by atoms with Crippen molar-refractivity contribution in [3.63, 3.8) is 0 Å². The molecule has 0 radical (unpaired) electrons. The van der Waals surface area contributed by atoms with E-state index in [-0.39, 0.29) is 24.3 Å². The molecule has 0 aliphatic rings. The molecule has 0 aliphatic heterocycles. The minimum atomic E-state index is -0.279. The van der Waals surface area contributed by atoms with E-state index in [9.17, 15) is 9.18 Å². The second-order valence-corrected chi connectivity index (χ2v) is 5.49. The zero-order valence-corrected chi connectivity index (χ0v) is 13.1. The topological polar surface area (TPSA) is 41.1 Å². The Morgan fingerprint density at radius 1 is 1.09 bits per heavy atom. The number of hydrogen-bond donors (Lipinski definition) is 2. The van der Waals surface area contributed by atoms with Crippen molar-refractivity contribution in [2.75, 3.05) is 11.9 Å². The molecule has 0 heterocycles. The molecular formula is C18H21FN2O. The van der Waals surface area contributed by atoms with E-state index in [0.717, 1.165) is 11.3 Å². The third-order valence-electron chi connectivity index (χ3n) is 3.71. The molecule has 1 amide bonds. The van der Waals surface area contributed by atoms with Crippen LogP contribution in [0.4, 0.5) is 10.1 Å². The third kappa shape index (κ3) is 4.32. The normalized spacial score (nSPS) is 11.8. The first-order valence-electron chi connectivity index (χ1n) is 7.31. The quantitative estimate of drug-likeness (QED) is 0.883. The summed E-state index contributed by atoms with van der Waals surface area (Å²) in [6, 6.07) is 12.0. The van der Waals surface area contributed by atoms with Crippen LogP contribution in [0.25, 0.3) is 0 Å². The molecule has 0 aromatic heterocycles. The van der Waals surface area contributed by atoms with Crippen molar-refractivity contribution in [3.8, 4) is 0 Å². The Hall–Kier alpha value is -2.36. The van der Waals surface area contributed by atoms with Gasteiger partial charge in [0.05, 0.1) is 12.6 Å². The zero-order valence-electron chi connectivity index (χ0n) is 13.1. The molecule has 2 aromatic carbocycles. The monoisotopic (exact) mass is 300 g/mol. The first-order chi connectivity index (χ1) is 10.5. The van der Waals surface area contributed by atoms with Gasteiger partial charge in [-0.2, -0.15) is 0 Å². The summed E-state index contributed by atoms with van der Waals surface area (Å²) in [5.41, 5.74) is 4.21. The predicted molar refractivity (Wildman–Crippen MR) is 87.4 cm³/mol. The minimum absolute atomic E-state index is 0.102. The van der Waals surface area contributed by atoms with Gasteiger partial charge >= 0.3 is 0 Å². The highest BCUT2D eigenvalue weighted by molar-refractivity contribution is 5.81. The standard InChI is InChI=1S/C18H21FN2O/c1-12-4-9-17(10-13(12)2)20-11-18(22)21-14(3)15-5-7-16(19)8-6-15/h4-10,14,20H,11H2,1-3H3,(H,21,22). The Morgan fingerprint density at radius 3 is 2.41 bits per heavy atom. The first-order valence-corrected chi connectivity index (χ1v) is 7.31. The van der Waals surface area contributed by atoms with Crippen molar-refractivity contribution >= 4 is 11.6 Å². The van der Waals surface area contributed by atoms with E-state index in [1.54, 1.807) is 12.1 Å². The van der Waals surface area contributed by atoms with Gasteiger partial charge in [0.25, 0.3) is 0 Å². The number of aryl methyl sites for hydroxylation is 2. The fraction of sp³-hybridized carbons (Fsp3) is 0.278. The van der Waals surface area contributed by atoms with Gasteiger partial charge in [-0.1, -0.05) is 18.2 Å². The molecule has 4 heteroatoms. The van der Waals surface area contributed by atoms with Gasteiger partial charge in [0.15, 0.2) is 0 Å². The van der Waals surface area contributed by atoms with Crippen molar-refractivity contribution in [2.45, 2.75) is 26.8 Å². The Kier molecular flexibility index (Phi) is 5.15. The van der Waals surface area contributed by atoms with Gasteiger partial charge in [0.2, 0.25) is 5.91 Å². The molecular weight excluding hydrogens is 279 g/mol. The van der Waals surface area contributed by atoms with Crippen molar-refractivity contribution in [2.24, 2.45) is 0 Å². The predicted octanol–water partition coefficient (Wildman–Crippen LogP) is 3.73. The fourth-order valence-electron chi connectivity index (χ4n) is 2.16. The van der Waals surface area contributed by atoms with E-state index in [0.29, 0.717) is 0 Å². The summed E-state index contributed by atoms with van der Waals surface area (Å²) in [5.74, 6) is -0.381. The van der Waals surface area contributed by atoms with Crippen molar-refractivity contribution < 1.29 is 9.18 Å². The molecule has 0 fully saturated rings. The lowest BCUT2D eigenvalue weighted by Gasteiger charge is -2.15. The van der Waals surface area contributed by atoms with Gasteiger partial charge in [-0.3, -0.25) is 4.79 Å². The van der Waals surface area contributed by atoms with Crippen molar-refractivity contribution in [3.05, 3.63) is 65.0 Å². The van der Waals surface area contributed by atoms with Crippen LogP contribution in [0.15, 0.2) is 42.5 Å². The van der Waals surface area contributed by atoms with E-state index < -0.39 is 0 Å². The lowest BCUT2D eigenvalue weighted by molar-refractivity contribution is -0.120. The van der Waals surface area contributed by atoms with E-state index >= 15 is 0 Å². The third-order valence-corrected chi connectivity index (χ3v) is 3.71. The average Bonchev–Trinajstić information content (AvgIpc) is 2.49. The Bertz CT molecular complexity index is 653. The van der Waals surface area contributed by atoms with Crippen LogP contribution < -0.4 is 10.6 Å². The number of carbonyl (C=O) groups is 1. The molecule has 0 aliphatic carbocycles. The van der Waals surface area contributed by atoms with Crippen molar-refractivity contribution in [1.29, 1.82) is 0 Å². The summed E-state index contributed by atoms with van der Waals surface area (Å²) >= 11 is 0. The number of amides is 1. The van der Waals surface area contributed by atoms with Crippen LogP contribution in [0.1, 0.15) is 29.7 Å². The molecule has 0 saturated carbocycles. The highest BCUT2D eigenvalue weighted by atomic mass is 19.1. The number of hydrogen-bond acceptors (Lipinski definition) is 2. The van der Waals surface area contributed by atoms with Crippen LogP contribution >= 0.6 is 0 Å². The molecule has 22 heavy (non-hydrogen) atoms. The van der Waals surface area contributed by atoms with E-state index in [4.69, 9.17) is 0 Å². The van der Waals surface area contributed by atoms with Crippen LogP contribution in [0.2, 0.25) is 0 Å². The Balaban J connectivity index is 1.87. The molecule has 2 N–H and O–H groups in total. The minimum Gasteiger partial charge on any atom is -0.376 e. The maximum atomic E-state index is 12.9. The SMILES string of the molecule is Cc1ccc(NCC(=O)NC(C)c2ccc(F)cc2)cc1C. The van der Waals surface area contributed by atoms with Gasteiger partial charge in [-0.15, -0.1) is 0 Å². The highest BCUT2D eigenvalue weighted by Crippen LogP contribution is 2.14. The zero-order chi connectivity index (χ0) is 16.1. The lowest BCUT2D eigenvalue weighted by atomic mass is 10.1. The first kappa shape index (κ1) is 16.0. The number of nitrogens with one attached hydrogen (secondary N) is 2. The van der Waals surface area contributed by atoms with Gasteiger partial charge in [0, 0.05) is 5.69 Å². The van der Waals surface area contributed by atoms with E-state index in [1.165, 1.54) is 23.3 Å². The summed E-state index contributed by atoms with van der Waals surface area (Å²) in [5, 5.41) is 5.99. The molecule has 1 atom stereocenters. The summed E-state index contributed by atoms with van der Waals surface area (Å²) in [6.07, 6.45) is 0. The fourth-order valence-corrected chi connectivity index (χ4v) is 2.16. The van der Waals surface area contributed by atoms with E-state index in [2.05, 4.69) is 17.6 Å². The maximum absolute atomic E-state index is 12.9. The largest absolute Gasteiger partial charge is 0.376 e. The second kappa shape index (κ2) is 7.07. The van der Waals surface area contributed by atoms with Crippen LogP contribution in [-0.4, -0.2) is 12.5 Å². The van der Waals surface area contributed by atoms with E-state index in [1.807, 2.05) is 32.0 Å². The maximum Gasteiger partial charge on any atom is 0.239 e.